The topological polar surface area (TPSA) is 15.3 Å². The summed E-state index contributed by atoms with van der Waals surface area (Å²) in [6.45, 7) is 6.56. The normalized spacial score (nSPS) is 24.6. The predicted octanol–water partition coefficient (Wildman–Crippen LogP) is 2.93. The number of hydrogen-bond donors (Lipinski definition) is 1. The van der Waals surface area contributed by atoms with E-state index in [-0.39, 0.29) is 0 Å². The van der Waals surface area contributed by atoms with Crippen LogP contribution in [0.3, 0.4) is 0 Å². The van der Waals surface area contributed by atoms with Crippen LogP contribution in [-0.4, -0.2) is 30.1 Å². The lowest BCUT2D eigenvalue weighted by molar-refractivity contribution is 0.128. The molecule has 0 radical (unpaired) electrons. The highest BCUT2D eigenvalue weighted by Crippen LogP contribution is 2.18. The minimum atomic E-state index is -0.759. The zero-order valence-corrected chi connectivity index (χ0v) is 11.6. The van der Waals surface area contributed by atoms with E-state index in [1.165, 1.54) is 6.07 Å². The van der Waals surface area contributed by atoms with Crippen LogP contribution < -0.4 is 5.32 Å². The summed E-state index contributed by atoms with van der Waals surface area (Å²) < 4.78 is 26.9. The van der Waals surface area contributed by atoms with Crippen LogP contribution in [0.1, 0.15) is 32.3 Å². The fourth-order valence-electron chi connectivity index (χ4n) is 2.65. The van der Waals surface area contributed by atoms with Gasteiger partial charge in [0.05, 0.1) is 0 Å². The van der Waals surface area contributed by atoms with Crippen molar-refractivity contribution in [1.82, 2.24) is 10.2 Å². The molecule has 1 saturated heterocycles. The summed E-state index contributed by atoms with van der Waals surface area (Å²) in [5, 5.41) is 3.50. The number of nitrogens with one attached hydrogen (secondary N) is 1. The molecular weight excluding hydrogens is 246 g/mol. The largest absolute Gasteiger partial charge is 0.311 e. The first-order chi connectivity index (χ1) is 9.11. The Hall–Kier alpha value is -1.00. The Kier molecular flexibility index (Phi) is 4.88. The molecule has 19 heavy (non-hydrogen) atoms. The molecule has 1 heterocycles. The number of rotatable bonds is 4. The first kappa shape index (κ1) is 14.4. The van der Waals surface area contributed by atoms with E-state index in [4.69, 9.17) is 0 Å². The first-order valence-electron chi connectivity index (χ1n) is 7.02. The maximum atomic E-state index is 13.7. The second-order valence-corrected chi connectivity index (χ2v) is 5.39. The van der Waals surface area contributed by atoms with E-state index < -0.39 is 11.6 Å². The second-order valence-electron chi connectivity index (χ2n) is 5.39. The van der Waals surface area contributed by atoms with Crippen molar-refractivity contribution in [3.63, 3.8) is 0 Å². The Morgan fingerprint density at radius 1 is 1.37 bits per heavy atom. The monoisotopic (exact) mass is 268 g/mol. The molecule has 0 aromatic heterocycles. The molecule has 0 bridgehead atoms. The van der Waals surface area contributed by atoms with Crippen molar-refractivity contribution in [3.8, 4) is 0 Å². The van der Waals surface area contributed by atoms with Crippen molar-refractivity contribution in [2.75, 3.05) is 13.1 Å². The minimum absolute atomic E-state index is 0.343. The smallest absolute Gasteiger partial charge is 0.163 e. The molecule has 1 N–H and O–H groups in total. The lowest BCUT2D eigenvalue weighted by Crippen LogP contribution is -2.54. The SMILES string of the molecule is CCCC1CN(Cc2cccc(F)c2F)C(C)CN1. The van der Waals surface area contributed by atoms with Crippen molar-refractivity contribution >= 4 is 0 Å². The van der Waals surface area contributed by atoms with E-state index >= 15 is 0 Å². The minimum Gasteiger partial charge on any atom is -0.311 e. The summed E-state index contributed by atoms with van der Waals surface area (Å²) in [4.78, 5) is 2.23. The molecule has 0 spiro atoms. The van der Waals surface area contributed by atoms with Gasteiger partial charge in [-0.1, -0.05) is 25.5 Å². The van der Waals surface area contributed by atoms with Crippen LogP contribution in [0.25, 0.3) is 0 Å². The fourth-order valence-corrected chi connectivity index (χ4v) is 2.65. The van der Waals surface area contributed by atoms with Crippen LogP contribution in [0.15, 0.2) is 18.2 Å². The third-order valence-corrected chi connectivity index (χ3v) is 3.82. The molecule has 0 amide bonds. The van der Waals surface area contributed by atoms with Crippen LogP contribution in [0.5, 0.6) is 0 Å². The van der Waals surface area contributed by atoms with Gasteiger partial charge in [-0.25, -0.2) is 8.78 Å². The Balaban J connectivity index is 2.05. The van der Waals surface area contributed by atoms with Crippen LogP contribution in [0, 0.1) is 11.6 Å². The van der Waals surface area contributed by atoms with Gasteiger partial charge in [-0.3, -0.25) is 4.90 Å². The van der Waals surface area contributed by atoms with Crippen LogP contribution in [0.2, 0.25) is 0 Å². The molecule has 4 heteroatoms. The van der Waals surface area contributed by atoms with Gasteiger partial charge in [0.25, 0.3) is 0 Å². The van der Waals surface area contributed by atoms with Crippen molar-refractivity contribution in [1.29, 1.82) is 0 Å². The highest BCUT2D eigenvalue weighted by atomic mass is 19.2. The molecule has 1 aromatic carbocycles. The van der Waals surface area contributed by atoms with Crippen molar-refractivity contribution in [2.24, 2.45) is 0 Å². The number of piperazine rings is 1. The number of halogens is 2. The van der Waals surface area contributed by atoms with E-state index in [1.807, 2.05) is 0 Å². The van der Waals surface area contributed by atoms with Crippen LogP contribution in [0.4, 0.5) is 8.78 Å². The van der Waals surface area contributed by atoms with Crippen molar-refractivity contribution < 1.29 is 8.78 Å². The van der Waals surface area contributed by atoms with Crippen LogP contribution in [-0.2, 0) is 6.54 Å². The summed E-state index contributed by atoms with van der Waals surface area (Å²) in [5.74, 6) is -1.47. The van der Waals surface area contributed by atoms with E-state index in [2.05, 4.69) is 24.1 Å². The lowest BCUT2D eigenvalue weighted by Gasteiger charge is -2.39. The zero-order chi connectivity index (χ0) is 13.8. The standard InChI is InChI=1S/C15H22F2N2/c1-3-5-13-10-19(11(2)8-18-13)9-12-6-4-7-14(16)15(12)17/h4,6-7,11,13,18H,3,5,8-10H2,1-2H3. The molecule has 1 fully saturated rings. The van der Waals surface area contributed by atoms with Gasteiger partial charge >= 0.3 is 0 Å². The number of nitrogens with zero attached hydrogens (tertiary/aromatic N) is 1. The average molecular weight is 268 g/mol. The molecule has 1 aliphatic rings. The summed E-state index contributed by atoms with van der Waals surface area (Å²) in [7, 11) is 0. The highest BCUT2D eigenvalue weighted by molar-refractivity contribution is 5.19. The van der Waals surface area contributed by atoms with E-state index in [9.17, 15) is 8.78 Å². The number of hydrogen-bond acceptors (Lipinski definition) is 2. The Labute approximate surface area is 113 Å². The highest BCUT2D eigenvalue weighted by Gasteiger charge is 2.25. The third-order valence-electron chi connectivity index (χ3n) is 3.82. The molecule has 2 rings (SSSR count). The van der Waals surface area contributed by atoms with Gasteiger partial charge < -0.3 is 5.32 Å². The number of benzene rings is 1. The lowest BCUT2D eigenvalue weighted by atomic mass is 10.0. The van der Waals surface area contributed by atoms with Gasteiger partial charge in [0.1, 0.15) is 0 Å². The van der Waals surface area contributed by atoms with Gasteiger partial charge in [-0.15, -0.1) is 0 Å². The predicted molar refractivity (Wildman–Crippen MR) is 72.9 cm³/mol. The van der Waals surface area contributed by atoms with E-state index in [0.717, 1.165) is 25.9 Å². The molecule has 1 aromatic rings. The molecule has 1 aliphatic heterocycles. The van der Waals surface area contributed by atoms with Gasteiger partial charge in [0.2, 0.25) is 0 Å². The zero-order valence-electron chi connectivity index (χ0n) is 11.6. The third kappa shape index (κ3) is 3.51. The van der Waals surface area contributed by atoms with Crippen LogP contribution >= 0.6 is 0 Å². The summed E-state index contributed by atoms with van der Waals surface area (Å²) in [5.41, 5.74) is 0.448. The van der Waals surface area contributed by atoms with E-state index in [1.54, 1.807) is 12.1 Å². The van der Waals surface area contributed by atoms with E-state index in [0.29, 0.717) is 24.2 Å². The molecule has 0 saturated carbocycles. The molecular formula is C15H22F2N2. The molecule has 106 valence electrons. The fraction of sp³-hybridized carbons (Fsp3) is 0.600. The summed E-state index contributed by atoms with van der Waals surface area (Å²) in [6.07, 6.45) is 2.25. The first-order valence-corrected chi connectivity index (χ1v) is 7.02. The average Bonchev–Trinajstić information content (AvgIpc) is 2.39. The maximum Gasteiger partial charge on any atom is 0.163 e. The van der Waals surface area contributed by atoms with Crippen molar-refractivity contribution in [3.05, 3.63) is 35.4 Å². The van der Waals surface area contributed by atoms with Gasteiger partial charge in [-0.2, -0.15) is 0 Å². The molecule has 2 atom stereocenters. The Morgan fingerprint density at radius 2 is 2.16 bits per heavy atom. The van der Waals surface area contributed by atoms with Crippen molar-refractivity contribution in [2.45, 2.75) is 45.3 Å². The summed E-state index contributed by atoms with van der Waals surface area (Å²) in [6, 6.07) is 5.21. The van der Waals surface area contributed by atoms with Gasteiger partial charge in [0.15, 0.2) is 11.6 Å². The van der Waals surface area contributed by atoms with Gasteiger partial charge in [-0.05, 0) is 19.4 Å². The quantitative estimate of drug-likeness (QED) is 0.903. The Bertz CT molecular complexity index is 423. The van der Waals surface area contributed by atoms with Gasteiger partial charge in [0, 0.05) is 37.3 Å². The maximum absolute atomic E-state index is 13.7. The molecule has 2 nitrogen and oxygen atoms in total. The molecule has 2 unspecified atom stereocenters. The Morgan fingerprint density at radius 3 is 2.89 bits per heavy atom. The molecule has 0 aliphatic carbocycles. The summed E-state index contributed by atoms with van der Waals surface area (Å²) >= 11 is 0. The second kappa shape index (κ2) is 6.44.